The first-order chi connectivity index (χ1) is 64.6. The number of hydrogen-bond acceptors (Lipinski definition) is 19. The van der Waals surface area contributed by atoms with Crippen molar-refractivity contribution in [2.45, 2.75) is 224 Å². The molecule has 1 aliphatic carbocycles. The molecule has 0 atom stereocenters. The lowest BCUT2D eigenvalue weighted by Crippen LogP contribution is -2.64. The zero-order chi connectivity index (χ0) is 102. The second-order valence-electron chi connectivity index (χ2n) is 32.9. The molecule has 11 rings (SSSR count). The van der Waals surface area contributed by atoms with Crippen LogP contribution < -0.4 is 5.11 Å². The molecule has 8 aromatic carbocycles. The van der Waals surface area contributed by atoms with E-state index in [-0.39, 0.29) is 68.2 Å². The van der Waals surface area contributed by atoms with Crippen LogP contribution in [0, 0.1) is 0 Å². The maximum absolute atomic E-state index is 14.0. The van der Waals surface area contributed by atoms with E-state index >= 15 is 0 Å². The Morgan fingerprint density at radius 2 is 0.839 bits per heavy atom. The molecular formula is C96H126F9N7O16S9. The van der Waals surface area contributed by atoms with Gasteiger partial charge in [0.2, 0.25) is 5.78 Å². The highest BCUT2D eigenvalue weighted by Gasteiger charge is 2.81. The summed E-state index contributed by atoms with van der Waals surface area (Å²) in [6.07, 6.45) is 23.1. The van der Waals surface area contributed by atoms with E-state index in [4.69, 9.17) is 9.59 Å². The number of unbranched alkanes of at least 4 members (excludes halogenated alkanes) is 11. The van der Waals surface area contributed by atoms with E-state index in [0.29, 0.717) is 46.5 Å². The number of nitrogens with zero attached hydrogens (tertiary/aromatic N) is 7. The van der Waals surface area contributed by atoms with Gasteiger partial charge in [-0.2, -0.15) is 66.2 Å². The SMILES string of the molecule is CCCCCCCCC([O-])=NS(=O)(=O)c1ccc(CN(C)C)cc1.CCCCCCCCS(=O)(=O)[N-]S(=O)(=O)CCCCN(C)C.CN1CCN(S(=O)(=O)C(F)(F)C(F)(F)C(F)(F)S(=O)(=O)[N-]S(=O)(=O)C(F)(F)F)CC1.O=C(C[S+]1CCCC1)c1ccccc1.O=C=O.c1ccc([S+](c2ccccc2)c2ccc(C3CCCCC3)cc2)cc1.c1ccc([S+](c2ccccc2)c2ccccc2)cc1. The fraction of sp³-hybridized carbons (Fsp3) is 0.469. The summed E-state index contributed by atoms with van der Waals surface area (Å²) >= 11 is 0. The van der Waals surface area contributed by atoms with Crippen LogP contribution >= 0.6 is 0 Å². The van der Waals surface area contributed by atoms with E-state index in [0.717, 1.165) is 80.8 Å². The summed E-state index contributed by atoms with van der Waals surface area (Å²) in [6.45, 7) is 3.37. The third-order valence-electron chi connectivity index (χ3n) is 21.2. The molecule has 0 spiro atoms. The fourth-order valence-corrected chi connectivity index (χ4v) is 28.2. The number of benzene rings is 8. The first-order valence-electron chi connectivity index (χ1n) is 44.9. The Hall–Kier alpha value is -7.84. The maximum Gasteiger partial charge on any atom is 0.480 e. The van der Waals surface area contributed by atoms with Crippen LogP contribution in [0.5, 0.6) is 0 Å². The number of hydrogen-bond donors (Lipinski definition) is 0. The van der Waals surface area contributed by atoms with Crippen molar-refractivity contribution in [3.05, 3.63) is 255 Å². The number of piperazine rings is 1. The average Bonchev–Trinajstić information content (AvgIpc) is 0.730. The summed E-state index contributed by atoms with van der Waals surface area (Å²) in [6, 6.07) is 79.7. The van der Waals surface area contributed by atoms with Gasteiger partial charge in [0.25, 0.3) is 20.0 Å². The smallest absolute Gasteiger partial charge is 0.480 e. The molecule has 0 N–H and O–H groups in total. The topological polar surface area (TPSA) is 333 Å². The van der Waals surface area contributed by atoms with E-state index in [1.54, 1.807) is 12.1 Å². The molecule has 0 unspecified atom stereocenters. The van der Waals surface area contributed by atoms with Crippen LogP contribution in [0.25, 0.3) is 8.25 Å². The Bertz CT molecular complexity index is 5500. The highest BCUT2D eigenvalue weighted by Crippen LogP contribution is 2.54. The quantitative estimate of drug-likeness (QED) is 0.00856. The number of carbonyl (C=O) groups is 1. The van der Waals surface area contributed by atoms with Gasteiger partial charge in [-0.25, -0.2) is 42.1 Å². The van der Waals surface area contributed by atoms with Gasteiger partial charge in [0.1, 0.15) is 11.5 Å². The molecule has 2 saturated heterocycles. The molecule has 3 fully saturated rings. The summed E-state index contributed by atoms with van der Waals surface area (Å²) in [5.41, 5.74) is -3.24. The lowest BCUT2D eigenvalue weighted by molar-refractivity contribution is -0.244. The molecule has 0 aromatic heterocycles. The lowest BCUT2D eigenvalue weighted by Gasteiger charge is -2.39. The molecule has 137 heavy (non-hydrogen) atoms. The molecule has 3 aliphatic rings. The van der Waals surface area contributed by atoms with Crippen molar-refractivity contribution >= 4 is 111 Å². The monoisotopic (exact) mass is 2090 g/mol. The van der Waals surface area contributed by atoms with Gasteiger partial charge in [-0.3, -0.25) is 4.79 Å². The second kappa shape index (κ2) is 59.2. The summed E-state index contributed by atoms with van der Waals surface area (Å²) in [5.74, 6) is -3.91. The van der Waals surface area contributed by atoms with Gasteiger partial charge in [0, 0.05) is 49.8 Å². The summed E-state index contributed by atoms with van der Waals surface area (Å²) in [5, 5.41) is -2.48. The normalized spacial score (nSPS) is 14.7. The Morgan fingerprint density at radius 3 is 1.23 bits per heavy atom. The van der Waals surface area contributed by atoms with E-state index < -0.39 is 101 Å². The van der Waals surface area contributed by atoms with Crippen molar-refractivity contribution in [1.82, 2.24) is 19.0 Å². The van der Waals surface area contributed by atoms with Crippen LogP contribution in [-0.4, -0.2) is 206 Å². The van der Waals surface area contributed by atoms with Crippen LogP contribution in [-0.2, 0) is 109 Å². The number of rotatable bonds is 42. The summed E-state index contributed by atoms with van der Waals surface area (Å²) in [7, 11) is -24.2. The molecule has 0 bridgehead atoms. The van der Waals surface area contributed by atoms with Crippen molar-refractivity contribution in [3.8, 4) is 0 Å². The lowest BCUT2D eigenvalue weighted by atomic mass is 9.84. The Kier molecular flexibility index (Phi) is 51.7. The summed E-state index contributed by atoms with van der Waals surface area (Å²) < 4.78 is 264. The predicted molar refractivity (Wildman–Crippen MR) is 524 cm³/mol. The Balaban J connectivity index is 0.000000291. The van der Waals surface area contributed by atoms with Crippen molar-refractivity contribution in [1.29, 1.82) is 0 Å². The molecule has 758 valence electrons. The predicted octanol–water partition coefficient (Wildman–Crippen LogP) is 19.9. The van der Waals surface area contributed by atoms with Gasteiger partial charge in [-0.05, 0) is 218 Å². The average molecular weight is 2090 g/mol. The first-order valence-corrected chi connectivity index (χ1v) is 58.1. The maximum atomic E-state index is 14.0. The van der Waals surface area contributed by atoms with E-state index in [1.807, 2.05) is 68.3 Å². The van der Waals surface area contributed by atoms with Crippen molar-refractivity contribution < 1.29 is 110 Å². The van der Waals surface area contributed by atoms with Gasteiger partial charge in [-0.1, -0.05) is 243 Å². The van der Waals surface area contributed by atoms with Crippen LogP contribution in [0.4, 0.5) is 39.5 Å². The van der Waals surface area contributed by atoms with Crippen LogP contribution in [0.2, 0.25) is 0 Å². The largest absolute Gasteiger partial charge is 0.861 e. The van der Waals surface area contributed by atoms with Crippen LogP contribution in [0.3, 0.4) is 0 Å². The zero-order valence-corrected chi connectivity index (χ0v) is 85.4. The Labute approximate surface area is 813 Å². The number of likely N-dealkylation sites (N-methyl/N-ethyl adjacent to an activating group) is 1. The number of halogens is 9. The molecular weight excluding hydrogens is 1970 g/mol. The molecule has 23 nitrogen and oxygen atoms in total. The zero-order valence-electron chi connectivity index (χ0n) is 78.1. The third-order valence-corrected chi connectivity index (χ3v) is 37.8. The minimum absolute atomic E-state index is 0.0146. The Morgan fingerprint density at radius 1 is 0.460 bits per heavy atom. The molecule has 1 saturated carbocycles. The first kappa shape index (κ1) is 120. The van der Waals surface area contributed by atoms with E-state index in [2.05, 4.69) is 198 Å². The van der Waals surface area contributed by atoms with Gasteiger partial charge in [-0.15, -0.1) is 0 Å². The number of sulfonamides is 6. The van der Waals surface area contributed by atoms with E-state index in [1.165, 1.54) is 135 Å². The molecule has 2 aliphatic heterocycles. The van der Waals surface area contributed by atoms with Gasteiger partial charge < -0.3 is 28.1 Å². The molecule has 41 heteroatoms. The molecule has 2 heterocycles. The third kappa shape index (κ3) is 40.6. The second-order valence-corrected chi connectivity index (χ2v) is 50.1. The number of Topliss-reactive ketones (excluding diaryl/α,β-unsaturated/α-hetero) is 1. The highest BCUT2D eigenvalue weighted by molar-refractivity contribution is 8.13. The van der Waals surface area contributed by atoms with Gasteiger partial charge in [0.05, 0.1) is 46.7 Å². The number of carbonyl (C=O) groups excluding carboxylic acids is 3. The van der Waals surface area contributed by atoms with Crippen molar-refractivity contribution in [2.24, 2.45) is 4.40 Å². The van der Waals surface area contributed by atoms with Gasteiger partial charge in [0.15, 0.2) is 55.2 Å². The fourth-order valence-electron chi connectivity index (χ4n) is 14.0. The van der Waals surface area contributed by atoms with Crippen molar-refractivity contribution in [3.63, 3.8) is 0 Å². The minimum atomic E-state index is -7.88. The molecule has 0 amide bonds. The highest BCUT2D eigenvalue weighted by atomic mass is 32.3. The van der Waals surface area contributed by atoms with Gasteiger partial charge >= 0.3 is 28.1 Å². The number of ketones is 1. The standard InChI is InChI=1S/C24H25S.C18H30N2O3S.C18H15S.C14H31N2O4S2.C12H15OS.C9H11F9N3O6S3.CO2/c1-4-10-20(11-5-1)21-16-18-24(19-17-21)25(22-12-6-2-7-13-22)23-14-8-3-9-15-23;1-4-5-6-7-8-9-10-18(21)19-24(22,23)17-13-11-16(12-14-17)15-20(2)3;1-4-10-16(11-5-1)19(17-12-6-2-7-13-17)18-14-8-3-9-15-18;1-4-5-6-7-8-10-13-21(17,18)15-22(19,20)14-11-9-12-16(2)3;13-12(10-14-8-4-5-9-14)11-6-2-1-3-7-11;1-20-2-4-21(5-3-20)30(26,27)8(14,15)6(10,11)7(12,13)28(22,23)19-29(24,25)9(16,17)18;2-1-3/h2-3,6-9,12-20H,1,4-5,10-11H2;11-14H,4-10,15H2,1-3H3,(H,19,21);1-15H;4-14H2,1-3H3;1-3,6-7H,4-5,8-10H2;2-5H2,1H3;/q+1;;+1;-1;+1;-1;/p-1. The summed E-state index contributed by atoms with van der Waals surface area (Å²) in [4.78, 5) is 41.7. The number of alkyl halides is 9. The van der Waals surface area contributed by atoms with E-state index in [9.17, 15) is 99.9 Å². The van der Waals surface area contributed by atoms with Crippen LogP contribution in [0.15, 0.2) is 269 Å². The van der Waals surface area contributed by atoms with Crippen molar-refractivity contribution in [2.75, 3.05) is 96.7 Å². The molecule has 8 aromatic rings. The van der Waals surface area contributed by atoms with Crippen LogP contribution in [0.1, 0.15) is 183 Å². The minimum Gasteiger partial charge on any atom is -0.861 e. The molecule has 0 radical (unpaired) electrons.